The zero-order chi connectivity index (χ0) is 16.0. The fourth-order valence-corrected chi connectivity index (χ4v) is 6.75. The second-order valence-electron chi connectivity index (χ2n) is 8.99. The van der Waals surface area contributed by atoms with Crippen LogP contribution in [0.1, 0.15) is 110 Å². The lowest BCUT2D eigenvalue weighted by Gasteiger charge is -2.51. The minimum absolute atomic E-state index is 0.403. The summed E-state index contributed by atoms with van der Waals surface area (Å²) in [5.41, 5.74) is 0. The highest BCUT2D eigenvalue weighted by atomic mass is 14.3. The fourth-order valence-electron chi connectivity index (χ4n) is 6.75. The van der Waals surface area contributed by atoms with Crippen molar-refractivity contribution in [2.24, 2.45) is 0 Å². The maximum atomic E-state index is 4.13. The van der Waals surface area contributed by atoms with Gasteiger partial charge in [0, 0.05) is 6.42 Å². The van der Waals surface area contributed by atoms with E-state index in [2.05, 4.69) is 18.7 Å². The van der Waals surface area contributed by atoms with Gasteiger partial charge in [0.1, 0.15) is 0 Å². The lowest BCUT2D eigenvalue weighted by molar-refractivity contribution is 0.690. The standard InChI is InChI=1S/C22H38B/c1-2-3-4-5-12-19-23(20-13-6-7-14-20,21-15-8-9-16-21)22-17-10-11-18-22/h20-22H,2-11,13-18H2,1H3/q-1. The van der Waals surface area contributed by atoms with Gasteiger partial charge in [-0.15, -0.1) is 0 Å². The highest BCUT2D eigenvalue weighted by Gasteiger charge is 2.45. The van der Waals surface area contributed by atoms with Crippen molar-refractivity contribution in [3.05, 3.63) is 0 Å². The van der Waals surface area contributed by atoms with E-state index in [1.165, 1.54) is 103 Å². The summed E-state index contributed by atoms with van der Waals surface area (Å²) >= 11 is 0. The van der Waals surface area contributed by atoms with Crippen LogP contribution in [0.15, 0.2) is 0 Å². The van der Waals surface area contributed by atoms with Crippen molar-refractivity contribution in [2.45, 2.75) is 127 Å². The van der Waals surface area contributed by atoms with Crippen LogP contribution in [0.5, 0.6) is 0 Å². The highest BCUT2D eigenvalue weighted by molar-refractivity contribution is 6.91. The summed E-state index contributed by atoms with van der Waals surface area (Å²) < 4.78 is 0. The van der Waals surface area contributed by atoms with Gasteiger partial charge in [0.2, 0.25) is 0 Å². The van der Waals surface area contributed by atoms with E-state index < -0.39 is 6.15 Å². The van der Waals surface area contributed by atoms with E-state index in [0.717, 1.165) is 17.5 Å². The van der Waals surface area contributed by atoms with Crippen LogP contribution in [0.25, 0.3) is 0 Å². The van der Waals surface area contributed by atoms with Crippen LogP contribution in [-0.4, -0.2) is 6.15 Å². The topological polar surface area (TPSA) is 0 Å². The number of hydrogen-bond acceptors (Lipinski definition) is 0. The highest BCUT2D eigenvalue weighted by Crippen LogP contribution is 2.58. The smallest absolute Gasteiger partial charge is 0.0796 e. The van der Waals surface area contributed by atoms with Gasteiger partial charge in [0.15, 0.2) is 0 Å². The van der Waals surface area contributed by atoms with Gasteiger partial charge < -0.3 is 5.82 Å². The number of hydrogen-bond donors (Lipinski definition) is 0. The minimum Gasteiger partial charge on any atom is -0.314 e. The molecular formula is C22H38B-. The van der Waals surface area contributed by atoms with Gasteiger partial charge in [-0.05, 0) is 6.42 Å². The van der Waals surface area contributed by atoms with Crippen LogP contribution in [-0.2, 0) is 0 Å². The van der Waals surface area contributed by atoms with Crippen molar-refractivity contribution in [2.75, 3.05) is 0 Å². The van der Waals surface area contributed by atoms with Crippen LogP contribution in [0, 0.1) is 11.7 Å². The Balaban J connectivity index is 1.84. The van der Waals surface area contributed by atoms with Crippen LogP contribution in [0.2, 0.25) is 17.5 Å². The summed E-state index contributed by atoms with van der Waals surface area (Å²) in [4.78, 5) is 0. The van der Waals surface area contributed by atoms with Gasteiger partial charge in [0.05, 0.1) is 6.15 Å². The first-order valence-corrected chi connectivity index (χ1v) is 11.0. The molecule has 3 rings (SSSR count). The van der Waals surface area contributed by atoms with Gasteiger partial charge in [-0.1, -0.05) is 96.8 Å². The second-order valence-corrected chi connectivity index (χ2v) is 8.99. The summed E-state index contributed by atoms with van der Waals surface area (Å²) in [6, 6.07) is 0. The molecule has 3 saturated carbocycles. The Morgan fingerprint density at radius 1 is 0.696 bits per heavy atom. The van der Waals surface area contributed by atoms with E-state index in [1.807, 2.05) is 0 Å². The summed E-state index contributed by atoms with van der Waals surface area (Å²) in [6.07, 6.45) is 22.8. The molecule has 0 nitrogen and oxygen atoms in total. The molecule has 3 aliphatic carbocycles. The molecular weight excluding hydrogens is 275 g/mol. The van der Waals surface area contributed by atoms with Crippen molar-refractivity contribution >= 4 is 6.15 Å². The molecule has 0 aromatic carbocycles. The summed E-state index contributed by atoms with van der Waals surface area (Å²) in [7, 11) is 0. The molecule has 3 aliphatic rings. The average Bonchev–Trinajstić information content (AvgIpc) is 3.35. The molecule has 0 spiro atoms. The van der Waals surface area contributed by atoms with Gasteiger partial charge in [-0.3, -0.25) is 0 Å². The molecule has 0 aromatic heterocycles. The number of unbranched alkanes of at least 4 members (excludes halogenated alkanes) is 3. The van der Waals surface area contributed by atoms with E-state index >= 15 is 0 Å². The Morgan fingerprint density at radius 2 is 1.13 bits per heavy atom. The van der Waals surface area contributed by atoms with Crippen molar-refractivity contribution in [3.63, 3.8) is 0 Å². The molecule has 3 fully saturated rings. The zero-order valence-electron chi connectivity index (χ0n) is 15.6. The average molecular weight is 313 g/mol. The molecule has 0 unspecified atom stereocenters. The normalized spacial score (nSPS) is 24.2. The molecule has 0 amide bonds. The Labute approximate surface area is 145 Å². The molecule has 0 heterocycles. The SMILES string of the molecule is CCCCCC#C[B-](C1CCCC1)(C1CCCC1)C1CCCC1. The van der Waals surface area contributed by atoms with Crippen molar-refractivity contribution in [1.82, 2.24) is 0 Å². The molecule has 0 atom stereocenters. The quantitative estimate of drug-likeness (QED) is 0.272. The Hall–Kier alpha value is -0.375. The van der Waals surface area contributed by atoms with Gasteiger partial charge in [-0.2, -0.15) is 23.4 Å². The van der Waals surface area contributed by atoms with Gasteiger partial charge in [0.25, 0.3) is 0 Å². The third-order valence-electron chi connectivity index (χ3n) is 7.80. The van der Waals surface area contributed by atoms with Gasteiger partial charge >= 0.3 is 0 Å². The fraction of sp³-hybridized carbons (Fsp3) is 0.909. The molecule has 0 aromatic rings. The van der Waals surface area contributed by atoms with Crippen LogP contribution in [0.4, 0.5) is 0 Å². The Morgan fingerprint density at radius 3 is 1.52 bits per heavy atom. The van der Waals surface area contributed by atoms with Crippen molar-refractivity contribution < 1.29 is 0 Å². The molecule has 23 heavy (non-hydrogen) atoms. The monoisotopic (exact) mass is 313 g/mol. The molecule has 0 radical (unpaired) electrons. The van der Waals surface area contributed by atoms with E-state index in [9.17, 15) is 0 Å². The minimum atomic E-state index is -0.403. The molecule has 0 saturated heterocycles. The van der Waals surface area contributed by atoms with E-state index in [-0.39, 0.29) is 0 Å². The third-order valence-corrected chi connectivity index (χ3v) is 7.80. The zero-order valence-corrected chi connectivity index (χ0v) is 15.6. The first kappa shape index (κ1) is 17.4. The van der Waals surface area contributed by atoms with Crippen LogP contribution < -0.4 is 0 Å². The molecule has 0 aliphatic heterocycles. The Kier molecular flexibility index (Phi) is 6.56. The van der Waals surface area contributed by atoms with Crippen LogP contribution in [0.3, 0.4) is 0 Å². The maximum Gasteiger partial charge on any atom is 0.0796 e. The summed E-state index contributed by atoms with van der Waals surface area (Å²) in [6.45, 7) is 2.30. The van der Waals surface area contributed by atoms with Crippen molar-refractivity contribution in [1.29, 1.82) is 0 Å². The lowest BCUT2D eigenvalue weighted by Crippen LogP contribution is -2.46. The first-order valence-electron chi connectivity index (χ1n) is 11.0. The molecule has 0 bridgehead atoms. The molecule has 0 N–H and O–H groups in total. The summed E-state index contributed by atoms with van der Waals surface area (Å²) in [5, 5.41) is 0. The third kappa shape index (κ3) is 3.83. The lowest BCUT2D eigenvalue weighted by atomic mass is 9.08. The Bertz CT molecular complexity index is 357. The first-order chi connectivity index (χ1) is 11.4. The van der Waals surface area contributed by atoms with E-state index in [4.69, 9.17) is 0 Å². The van der Waals surface area contributed by atoms with Gasteiger partial charge in [-0.25, -0.2) is 0 Å². The maximum absolute atomic E-state index is 4.13. The van der Waals surface area contributed by atoms with E-state index in [1.54, 1.807) is 0 Å². The predicted octanol–water partition coefficient (Wildman–Crippen LogP) is 7.39. The molecule has 130 valence electrons. The van der Waals surface area contributed by atoms with Crippen LogP contribution >= 0.6 is 0 Å². The van der Waals surface area contributed by atoms with Crippen molar-refractivity contribution in [3.8, 4) is 11.7 Å². The van der Waals surface area contributed by atoms with E-state index in [0.29, 0.717) is 0 Å². The predicted molar refractivity (Wildman–Crippen MR) is 104 cm³/mol. The molecule has 1 heteroatoms. The largest absolute Gasteiger partial charge is 0.314 e. The number of rotatable bonds is 6. The summed E-state index contributed by atoms with van der Waals surface area (Å²) in [5.74, 6) is 10.9. The second kappa shape index (κ2) is 8.64.